The van der Waals surface area contributed by atoms with Gasteiger partial charge in [0.25, 0.3) is 0 Å². The number of benzene rings is 2. The zero-order chi connectivity index (χ0) is 24.1. The van der Waals surface area contributed by atoms with E-state index in [0.29, 0.717) is 6.42 Å². The van der Waals surface area contributed by atoms with Crippen molar-refractivity contribution in [1.29, 1.82) is 0 Å². The Morgan fingerprint density at radius 1 is 1.00 bits per heavy atom. The topological polar surface area (TPSA) is 105 Å². The minimum atomic E-state index is -1.03. The predicted molar refractivity (Wildman–Crippen MR) is 128 cm³/mol. The van der Waals surface area contributed by atoms with Crippen molar-refractivity contribution in [2.45, 2.75) is 63.5 Å². The fourth-order valence-corrected chi connectivity index (χ4v) is 5.26. The normalized spacial score (nSPS) is 20.0. The molecule has 0 radical (unpaired) electrons. The highest BCUT2D eigenvalue weighted by atomic mass is 16.5. The van der Waals surface area contributed by atoms with Crippen LogP contribution in [-0.4, -0.2) is 41.8 Å². The maximum Gasteiger partial charge on any atom is 0.407 e. The lowest BCUT2D eigenvalue weighted by Gasteiger charge is -2.32. The molecule has 4 rings (SSSR count). The Labute approximate surface area is 199 Å². The maximum atomic E-state index is 12.7. The fraction of sp³-hybridized carbons (Fsp3) is 0.444. The predicted octanol–water partition coefficient (Wildman–Crippen LogP) is 4.45. The number of nitrogens with one attached hydrogen (secondary N) is 2. The van der Waals surface area contributed by atoms with E-state index in [-0.39, 0.29) is 36.8 Å². The van der Waals surface area contributed by atoms with Crippen LogP contribution in [0.5, 0.6) is 0 Å². The Hall–Kier alpha value is -3.35. The first kappa shape index (κ1) is 23.8. The van der Waals surface area contributed by atoms with Crippen molar-refractivity contribution < 1.29 is 24.2 Å². The number of carbonyl (C=O) groups is 3. The molecule has 180 valence electrons. The van der Waals surface area contributed by atoms with E-state index in [1.165, 1.54) is 11.1 Å². The fourth-order valence-electron chi connectivity index (χ4n) is 5.26. The molecule has 2 unspecified atom stereocenters. The highest BCUT2D eigenvalue weighted by Gasteiger charge is 2.32. The number of carboxylic acids is 1. The molecule has 3 N–H and O–H groups in total. The second-order valence-corrected chi connectivity index (χ2v) is 9.19. The number of fused-ring (bicyclic) bond motifs is 3. The molecule has 0 spiro atoms. The van der Waals surface area contributed by atoms with Crippen molar-refractivity contribution in [3.05, 3.63) is 59.7 Å². The van der Waals surface area contributed by atoms with Crippen LogP contribution in [0.15, 0.2) is 48.5 Å². The smallest absolute Gasteiger partial charge is 0.407 e. The SMILES string of the molecule is CC[C@@H](NC(=O)CC1CCCCC1NC(=O)OCC1c2ccccc2-c2ccccc21)C(=O)O. The molecule has 2 amide bonds. The van der Waals surface area contributed by atoms with Gasteiger partial charge in [0.15, 0.2) is 0 Å². The summed E-state index contributed by atoms with van der Waals surface area (Å²) in [6.07, 6.45) is 3.58. The second kappa shape index (κ2) is 10.7. The molecule has 0 aliphatic heterocycles. The maximum absolute atomic E-state index is 12.7. The van der Waals surface area contributed by atoms with Crippen molar-refractivity contribution in [2.24, 2.45) is 5.92 Å². The van der Waals surface area contributed by atoms with Gasteiger partial charge in [-0.2, -0.15) is 0 Å². The van der Waals surface area contributed by atoms with Gasteiger partial charge in [0.2, 0.25) is 5.91 Å². The lowest BCUT2D eigenvalue weighted by molar-refractivity contribution is -0.142. The van der Waals surface area contributed by atoms with E-state index < -0.39 is 18.1 Å². The first-order chi connectivity index (χ1) is 16.5. The van der Waals surface area contributed by atoms with E-state index in [1.807, 2.05) is 24.3 Å². The van der Waals surface area contributed by atoms with Crippen LogP contribution in [-0.2, 0) is 14.3 Å². The molecule has 1 saturated carbocycles. The molecular formula is C27H32N2O5. The standard InChI is InChI=1S/C27H32N2O5/c1-2-23(26(31)32)28-25(30)15-17-9-3-8-14-24(17)29-27(33)34-16-22-20-12-6-4-10-18(20)19-11-5-7-13-21(19)22/h4-7,10-13,17,22-24H,2-3,8-9,14-16H2,1H3,(H,28,30)(H,29,33)(H,31,32)/t17?,23-,24?/m1/s1. The molecule has 2 aromatic carbocycles. The minimum Gasteiger partial charge on any atom is -0.480 e. The van der Waals surface area contributed by atoms with Gasteiger partial charge in [-0.3, -0.25) is 4.79 Å². The quantitative estimate of drug-likeness (QED) is 0.535. The van der Waals surface area contributed by atoms with Gasteiger partial charge in [-0.1, -0.05) is 68.3 Å². The third-order valence-corrected chi connectivity index (χ3v) is 7.05. The molecular weight excluding hydrogens is 432 g/mol. The van der Waals surface area contributed by atoms with Gasteiger partial charge in [0.1, 0.15) is 12.6 Å². The number of hydrogen-bond acceptors (Lipinski definition) is 4. The minimum absolute atomic E-state index is 0.00641. The van der Waals surface area contributed by atoms with Crippen LogP contribution >= 0.6 is 0 Å². The average molecular weight is 465 g/mol. The molecule has 7 nitrogen and oxygen atoms in total. The van der Waals surface area contributed by atoms with Crippen molar-refractivity contribution >= 4 is 18.0 Å². The zero-order valence-corrected chi connectivity index (χ0v) is 19.5. The van der Waals surface area contributed by atoms with E-state index >= 15 is 0 Å². The number of ether oxygens (including phenoxy) is 1. The van der Waals surface area contributed by atoms with Crippen LogP contribution in [0.2, 0.25) is 0 Å². The molecule has 0 bridgehead atoms. The summed E-state index contributed by atoms with van der Waals surface area (Å²) in [7, 11) is 0. The molecule has 0 heterocycles. The van der Waals surface area contributed by atoms with Crippen molar-refractivity contribution in [3.63, 3.8) is 0 Å². The molecule has 2 aliphatic carbocycles. The number of hydrogen-bond donors (Lipinski definition) is 3. The number of aliphatic carboxylic acids is 1. The Balaban J connectivity index is 1.35. The van der Waals surface area contributed by atoms with E-state index in [1.54, 1.807) is 6.92 Å². The Kier molecular flexibility index (Phi) is 7.50. The third-order valence-electron chi connectivity index (χ3n) is 7.05. The molecule has 1 fully saturated rings. The van der Waals surface area contributed by atoms with Crippen LogP contribution in [0.1, 0.15) is 62.5 Å². The molecule has 0 saturated heterocycles. The monoisotopic (exact) mass is 464 g/mol. The largest absolute Gasteiger partial charge is 0.480 e. The summed E-state index contributed by atoms with van der Waals surface area (Å²) in [4.78, 5) is 36.4. The van der Waals surface area contributed by atoms with Gasteiger partial charge in [0, 0.05) is 18.4 Å². The van der Waals surface area contributed by atoms with E-state index in [4.69, 9.17) is 4.74 Å². The van der Waals surface area contributed by atoms with Crippen LogP contribution in [0.3, 0.4) is 0 Å². The molecule has 3 atom stereocenters. The highest BCUT2D eigenvalue weighted by molar-refractivity contribution is 5.83. The third kappa shape index (κ3) is 5.24. The van der Waals surface area contributed by atoms with Gasteiger partial charge in [-0.05, 0) is 47.4 Å². The molecule has 2 aliphatic rings. The summed E-state index contributed by atoms with van der Waals surface area (Å²) in [5.74, 6) is -1.37. The second-order valence-electron chi connectivity index (χ2n) is 9.19. The van der Waals surface area contributed by atoms with Gasteiger partial charge in [0.05, 0.1) is 0 Å². The summed E-state index contributed by atoms with van der Waals surface area (Å²) in [6.45, 7) is 1.97. The molecule has 34 heavy (non-hydrogen) atoms. The summed E-state index contributed by atoms with van der Waals surface area (Å²) in [5, 5.41) is 14.7. The summed E-state index contributed by atoms with van der Waals surface area (Å²) < 4.78 is 5.68. The molecule has 0 aromatic heterocycles. The van der Waals surface area contributed by atoms with Crippen molar-refractivity contribution in [2.75, 3.05) is 6.61 Å². The Bertz CT molecular complexity index is 1010. The Morgan fingerprint density at radius 2 is 1.62 bits per heavy atom. The number of carboxylic acid groups (broad SMARTS) is 1. The van der Waals surface area contributed by atoms with E-state index in [2.05, 4.69) is 34.9 Å². The number of carbonyl (C=O) groups excluding carboxylic acids is 2. The van der Waals surface area contributed by atoms with Crippen LogP contribution < -0.4 is 10.6 Å². The van der Waals surface area contributed by atoms with Crippen molar-refractivity contribution in [3.8, 4) is 11.1 Å². The summed E-state index contributed by atoms with van der Waals surface area (Å²) in [5.41, 5.74) is 4.68. The van der Waals surface area contributed by atoms with Gasteiger partial charge in [-0.25, -0.2) is 9.59 Å². The van der Waals surface area contributed by atoms with Crippen molar-refractivity contribution in [1.82, 2.24) is 10.6 Å². The van der Waals surface area contributed by atoms with Crippen LogP contribution in [0.25, 0.3) is 11.1 Å². The van der Waals surface area contributed by atoms with E-state index in [0.717, 1.165) is 36.8 Å². The van der Waals surface area contributed by atoms with Crippen LogP contribution in [0, 0.1) is 5.92 Å². The number of alkyl carbamates (subject to hydrolysis) is 1. The van der Waals surface area contributed by atoms with Gasteiger partial charge < -0.3 is 20.5 Å². The first-order valence-electron chi connectivity index (χ1n) is 12.1. The molecule has 7 heteroatoms. The van der Waals surface area contributed by atoms with Gasteiger partial charge >= 0.3 is 12.1 Å². The summed E-state index contributed by atoms with van der Waals surface area (Å²) in [6, 6.07) is 15.3. The summed E-state index contributed by atoms with van der Waals surface area (Å²) >= 11 is 0. The number of amides is 2. The highest BCUT2D eigenvalue weighted by Crippen LogP contribution is 2.44. The molecule has 2 aromatic rings. The average Bonchev–Trinajstić information content (AvgIpc) is 3.16. The van der Waals surface area contributed by atoms with Gasteiger partial charge in [-0.15, -0.1) is 0 Å². The van der Waals surface area contributed by atoms with E-state index in [9.17, 15) is 19.5 Å². The number of rotatable bonds is 8. The lowest BCUT2D eigenvalue weighted by Crippen LogP contribution is -2.46. The lowest BCUT2D eigenvalue weighted by atomic mass is 9.82. The Morgan fingerprint density at radius 3 is 2.24 bits per heavy atom. The zero-order valence-electron chi connectivity index (χ0n) is 19.5. The van der Waals surface area contributed by atoms with Crippen LogP contribution in [0.4, 0.5) is 4.79 Å². The first-order valence-corrected chi connectivity index (χ1v) is 12.1.